The second-order valence-electron chi connectivity index (χ2n) is 3.27. The molecule has 0 radical (unpaired) electrons. The fourth-order valence-corrected chi connectivity index (χ4v) is 1.43. The maximum Gasteiger partial charge on any atom is 0.227 e. The fraction of sp³-hybridized carbons (Fsp3) is 0.500. The van der Waals surface area contributed by atoms with Gasteiger partial charge in [0.1, 0.15) is 6.17 Å². The van der Waals surface area contributed by atoms with Gasteiger partial charge < -0.3 is 15.7 Å². The van der Waals surface area contributed by atoms with Gasteiger partial charge in [-0.15, -0.1) is 0 Å². The van der Waals surface area contributed by atoms with Crippen LogP contribution in [0, 0.1) is 0 Å². The monoisotopic (exact) mass is 198 g/mol. The average Bonchev–Trinajstić information content (AvgIpc) is 2.57. The number of rotatable bonds is 1. The SMILES string of the molecule is Nc1nc(N2CC[C@@H](F)C2)ncc1O. The normalized spacial score (nSPS) is 21.5. The number of nitrogens with two attached hydrogens (primary N) is 1. The summed E-state index contributed by atoms with van der Waals surface area (Å²) in [6, 6.07) is 0. The van der Waals surface area contributed by atoms with E-state index in [2.05, 4.69) is 9.97 Å². The number of anilines is 2. The fourth-order valence-electron chi connectivity index (χ4n) is 1.43. The highest BCUT2D eigenvalue weighted by atomic mass is 19.1. The van der Waals surface area contributed by atoms with Crippen LogP contribution in [0.5, 0.6) is 5.75 Å². The first-order chi connectivity index (χ1) is 6.66. The molecule has 5 nitrogen and oxygen atoms in total. The maximum absolute atomic E-state index is 12.9. The highest BCUT2D eigenvalue weighted by molar-refractivity contribution is 5.48. The van der Waals surface area contributed by atoms with E-state index in [-0.39, 0.29) is 11.6 Å². The summed E-state index contributed by atoms with van der Waals surface area (Å²) in [6.45, 7) is 0.885. The van der Waals surface area contributed by atoms with Crippen molar-refractivity contribution in [2.75, 3.05) is 23.7 Å². The minimum absolute atomic E-state index is 0.0253. The van der Waals surface area contributed by atoms with Gasteiger partial charge in [0.15, 0.2) is 11.6 Å². The molecule has 6 heteroatoms. The predicted molar refractivity (Wildman–Crippen MR) is 49.8 cm³/mol. The van der Waals surface area contributed by atoms with E-state index in [1.54, 1.807) is 4.90 Å². The van der Waals surface area contributed by atoms with Crippen LogP contribution in [0.3, 0.4) is 0 Å². The number of halogens is 1. The molecule has 1 aliphatic heterocycles. The van der Waals surface area contributed by atoms with Gasteiger partial charge >= 0.3 is 0 Å². The lowest BCUT2D eigenvalue weighted by Crippen LogP contribution is -2.22. The topological polar surface area (TPSA) is 75.3 Å². The van der Waals surface area contributed by atoms with E-state index in [9.17, 15) is 4.39 Å². The molecule has 76 valence electrons. The summed E-state index contributed by atoms with van der Waals surface area (Å²) in [5, 5.41) is 9.10. The van der Waals surface area contributed by atoms with Crippen LogP contribution < -0.4 is 10.6 Å². The molecule has 1 fully saturated rings. The molecule has 1 aromatic rings. The Hall–Kier alpha value is -1.59. The number of aromatic hydroxyl groups is 1. The molecule has 1 aliphatic rings. The van der Waals surface area contributed by atoms with Gasteiger partial charge in [-0.1, -0.05) is 0 Å². The minimum atomic E-state index is -0.825. The molecule has 0 bridgehead atoms. The Balaban J connectivity index is 2.20. The standard InChI is InChI=1S/C8H11FN4O/c9-5-1-2-13(4-5)8-11-3-6(14)7(10)12-8/h3,5,14H,1-2,4H2,(H2,10,11,12)/t5-/m1/s1. The lowest BCUT2D eigenvalue weighted by atomic mass is 10.3. The van der Waals surface area contributed by atoms with E-state index in [1.165, 1.54) is 6.20 Å². The highest BCUT2D eigenvalue weighted by Gasteiger charge is 2.24. The van der Waals surface area contributed by atoms with E-state index >= 15 is 0 Å². The van der Waals surface area contributed by atoms with Gasteiger partial charge in [0, 0.05) is 6.54 Å². The summed E-state index contributed by atoms with van der Waals surface area (Å²) in [6.07, 6.45) is 0.890. The molecule has 1 atom stereocenters. The van der Waals surface area contributed by atoms with Crippen LogP contribution in [0.25, 0.3) is 0 Å². The number of nitrogen functional groups attached to an aromatic ring is 1. The summed E-state index contributed by atoms with van der Waals surface area (Å²) < 4.78 is 12.9. The van der Waals surface area contributed by atoms with E-state index in [4.69, 9.17) is 10.8 Å². The van der Waals surface area contributed by atoms with Crippen molar-refractivity contribution in [2.24, 2.45) is 0 Å². The summed E-state index contributed by atoms with van der Waals surface area (Å²) in [5.74, 6) is 0.252. The summed E-state index contributed by atoms with van der Waals surface area (Å²) in [5.41, 5.74) is 5.40. The van der Waals surface area contributed by atoms with Gasteiger partial charge in [0.25, 0.3) is 0 Å². The molecule has 0 aromatic carbocycles. The number of aromatic nitrogens is 2. The maximum atomic E-state index is 12.9. The molecule has 2 heterocycles. The Kier molecular flexibility index (Phi) is 2.11. The summed E-state index contributed by atoms with van der Waals surface area (Å²) in [7, 11) is 0. The second-order valence-corrected chi connectivity index (χ2v) is 3.27. The van der Waals surface area contributed by atoms with Crippen molar-refractivity contribution in [3.05, 3.63) is 6.20 Å². The zero-order chi connectivity index (χ0) is 10.1. The Bertz CT molecular complexity index is 346. The van der Waals surface area contributed by atoms with E-state index in [0.29, 0.717) is 25.5 Å². The van der Waals surface area contributed by atoms with Crippen molar-refractivity contribution in [1.82, 2.24) is 9.97 Å². The van der Waals surface area contributed by atoms with Crippen LogP contribution in [-0.4, -0.2) is 34.3 Å². The highest BCUT2D eigenvalue weighted by Crippen LogP contribution is 2.22. The first kappa shape index (κ1) is 8.98. The number of alkyl halides is 1. The van der Waals surface area contributed by atoms with E-state index < -0.39 is 6.17 Å². The van der Waals surface area contributed by atoms with Crippen molar-refractivity contribution < 1.29 is 9.50 Å². The summed E-state index contributed by atoms with van der Waals surface area (Å²) in [4.78, 5) is 9.45. The molecule has 1 aromatic heterocycles. The Morgan fingerprint density at radius 2 is 2.43 bits per heavy atom. The van der Waals surface area contributed by atoms with Gasteiger partial charge in [-0.25, -0.2) is 9.37 Å². The van der Waals surface area contributed by atoms with Crippen molar-refractivity contribution in [3.8, 4) is 5.75 Å². The first-order valence-electron chi connectivity index (χ1n) is 4.37. The molecule has 0 unspecified atom stereocenters. The Morgan fingerprint density at radius 3 is 3.00 bits per heavy atom. The van der Waals surface area contributed by atoms with E-state index in [1.807, 2.05) is 0 Å². The largest absolute Gasteiger partial charge is 0.503 e. The van der Waals surface area contributed by atoms with Gasteiger partial charge in [0.2, 0.25) is 5.95 Å². The van der Waals surface area contributed by atoms with Crippen LogP contribution in [0.15, 0.2) is 6.20 Å². The van der Waals surface area contributed by atoms with Crippen molar-refractivity contribution in [3.63, 3.8) is 0 Å². The summed E-state index contributed by atoms with van der Waals surface area (Å²) >= 11 is 0. The molecule has 0 saturated carbocycles. The van der Waals surface area contributed by atoms with Crippen molar-refractivity contribution in [1.29, 1.82) is 0 Å². The molecule has 14 heavy (non-hydrogen) atoms. The quantitative estimate of drug-likeness (QED) is 0.679. The van der Waals surface area contributed by atoms with Crippen molar-refractivity contribution in [2.45, 2.75) is 12.6 Å². The van der Waals surface area contributed by atoms with Gasteiger partial charge in [0.05, 0.1) is 12.7 Å². The average molecular weight is 198 g/mol. The Labute approximate surface area is 80.4 Å². The minimum Gasteiger partial charge on any atom is -0.503 e. The second kappa shape index (κ2) is 3.28. The lowest BCUT2D eigenvalue weighted by Gasteiger charge is -2.14. The van der Waals surface area contributed by atoms with Crippen LogP contribution >= 0.6 is 0 Å². The zero-order valence-electron chi connectivity index (χ0n) is 7.52. The molecule has 1 saturated heterocycles. The van der Waals surface area contributed by atoms with Crippen LogP contribution in [-0.2, 0) is 0 Å². The number of hydrogen-bond donors (Lipinski definition) is 2. The van der Waals surface area contributed by atoms with Gasteiger partial charge in [-0.05, 0) is 6.42 Å². The zero-order valence-corrected chi connectivity index (χ0v) is 7.52. The predicted octanol–water partition coefficient (Wildman–Crippen LogP) is 0.313. The number of hydrogen-bond acceptors (Lipinski definition) is 5. The molecule has 0 amide bonds. The van der Waals surface area contributed by atoms with E-state index in [0.717, 1.165) is 0 Å². The Morgan fingerprint density at radius 1 is 1.64 bits per heavy atom. The third-order valence-electron chi connectivity index (χ3n) is 2.20. The third-order valence-corrected chi connectivity index (χ3v) is 2.20. The number of nitrogens with zero attached hydrogens (tertiary/aromatic N) is 3. The molecule has 3 N–H and O–H groups in total. The van der Waals surface area contributed by atoms with Crippen molar-refractivity contribution >= 4 is 11.8 Å². The molecular weight excluding hydrogens is 187 g/mol. The van der Waals surface area contributed by atoms with Crippen LogP contribution in [0.1, 0.15) is 6.42 Å². The lowest BCUT2D eigenvalue weighted by molar-refractivity contribution is 0.364. The van der Waals surface area contributed by atoms with Gasteiger partial charge in [-0.2, -0.15) is 4.98 Å². The first-order valence-corrected chi connectivity index (χ1v) is 4.37. The molecule has 0 spiro atoms. The smallest absolute Gasteiger partial charge is 0.227 e. The molecule has 0 aliphatic carbocycles. The van der Waals surface area contributed by atoms with Crippen LogP contribution in [0.4, 0.5) is 16.2 Å². The molecular formula is C8H11FN4O. The van der Waals surface area contributed by atoms with Gasteiger partial charge in [-0.3, -0.25) is 0 Å². The third kappa shape index (κ3) is 1.55. The molecule has 2 rings (SSSR count). The van der Waals surface area contributed by atoms with Crippen LogP contribution in [0.2, 0.25) is 0 Å².